The Morgan fingerprint density at radius 1 is 0.590 bits per heavy atom. The summed E-state index contributed by atoms with van der Waals surface area (Å²) in [7, 11) is 1.29. The number of allylic oxidation sites excluding steroid dienone is 10. The summed E-state index contributed by atoms with van der Waals surface area (Å²) in [6.07, 6.45) is 56.5. The van der Waals surface area contributed by atoms with E-state index >= 15 is 0 Å². The third-order valence-electron chi connectivity index (χ3n) is 11.0. The van der Waals surface area contributed by atoms with Gasteiger partial charge in [-0.05, 0) is 57.8 Å². The van der Waals surface area contributed by atoms with Gasteiger partial charge in [-0.2, -0.15) is 0 Å². The third-order valence-corrected chi connectivity index (χ3v) is 12.0. The molecule has 0 spiro atoms. The molecule has 0 radical (unpaired) electrons. The minimum Gasteiger partial charge on any atom is -0.756 e. The van der Waals surface area contributed by atoms with Crippen LogP contribution in [-0.4, -0.2) is 68.5 Å². The fourth-order valence-corrected chi connectivity index (χ4v) is 7.79. The Kier molecular flexibility index (Phi) is 42.2. The third kappa shape index (κ3) is 46.0. The van der Waals surface area contributed by atoms with Crippen LogP contribution < -0.4 is 10.2 Å². The number of likely N-dealkylation sites (N-methyl/N-ethyl adjacent to an activating group) is 1. The highest BCUT2D eigenvalue weighted by molar-refractivity contribution is 7.45. The average Bonchev–Trinajstić information content (AvgIpc) is 3.21. The van der Waals surface area contributed by atoms with Crippen LogP contribution in [0.4, 0.5) is 0 Å². The summed E-state index contributed by atoms with van der Waals surface area (Å²) in [5, 5.41) is 14.0. The number of aliphatic hydroxyl groups is 1. The molecular weight excluding hydrogens is 780 g/mol. The van der Waals surface area contributed by atoms with Crippen LogP contribution in [0, 0.1) is 0 Å². The molecule has 0 rings (SSSR count). The Morgan fingerprint density at radius 3 is 1.46 bits per heavy atom. The fraction of sp³-hybridized carbons (Fsp3) is 0.788. The lowest BCUT2D eigenvalue weighted by Gasteiger charge is -2.30. The lowest BCUT2D eigenvalue weighted by molar-refractivity contribution is -0.870. The van der Waals surface area contributed by atoms with Gasteiger partial charge in [0, 0.05) is 6.42 Å². The molecule has 0 aliphatic carbocycles. The predicted octanol–water partition coefficient (Wildman–Crippen LogP) is 14.0. The second-order valence-corrected chi connectivity index (χ2v) is 19.6. The van der Waals surface area contributed by atoms with E-state index in [2.05, 4.69) is 79.9 Å². The molecule has 9 heteroatoms. The van der Waals surface area contributed by atoms with Crippen molar-refractivity contribution in [3.05, 3.63) is 60.8 Å². The molecule has 61 heavy (non-hydrogen) atoms. The fourth-order valence-electron chi connectivity index (χ4n) is 7.07. The summed E-state index contributed by atoms with van der Waals surface area (Å²) in [6.45, 7) is 4.60. The molecule has 356 valence electrons. The van der Waals surface area contributed by atoms with E-state index in [4.69, 9.17) is 9.05 Å². The molecule has 0 aliphatic heterocycles. The number of phosphoric ester groups is 1. The second kappa shape index (κ2) is 43.5. The van der Waals surface area contributed by atoms with Crippen LogP contribution >= 0.6 is 7.82 Å². The predicted molar refractivity (Wildman–Crippen MR) is 261 cm³/mol. The van der Waals surface area contributed by atoms with E-state index in [0.717, 1.165) is 83.5 Å². The van der Waals surface area contributed by atoms with Crippen molar-refractivity contribution in [3.8, 4) is 0 Å². The van der Waals surface area contributed by atoms with E-state index in [1.807, 2.05) is 21.1 Å². The van der Waals surface area contributed by atoms with Crippen LogP contribution in [0.5, 0.6) is 0 Å². The zero-order valence-corrected chi connectivity index (χ0v) is 41.2. The number of amides is 1. The van der Waals surface area contributed by atoms with E-state index in [1.54, 1.807) is 0 Å². The summed E-state index contributed by atoms with van der Waals surface area (Å²) >= 11 is 0. The zero-order chi connectivity index (χ0) is 45.0. The van der Waals surface area contributed by atoms with E-state index in [1.165, 1.54) is 103 Å². The van der Waals surface area contributed by atoms with Crippen molar-refractivity contribution in [2.75, 3.05) is 40.9 Å². The number of unbranched alkanes of at least 4 members (excludes halogenated alkanes) is 22. The van der Waals surface area contributed by atoms with Gasteiger partial charge in [0.1, 0.15) is 13.2 Å². The molecule has 0 heterocycles. The quantitative estimate of drug-likeness (QED) is 0.0273. The highest BCUT2D eigenvalue weighted by Gasteiger charge is 2.24. The van der Waals surface area contributed by atoms with Crippen LogP contribution in [0.3, 0.4) is 0 Å². The number of nitrogens with one attached hydrogen (secondary N) is 1. The smallest absolute Gasteiger partial charge is 0.268 e. The number of aliphatic hydroxyl groups excluding tert-OH is 1. The van der Waals surface area contributed by atoms with Gasteiger partial charge in [0.2, 0.25) is 5.91 Å². The maximum Gasteiger partial charge on any atom is 0.268 e. The normalized spacial score (nSPS) is 14.7. The van der Waals surface area contributed by atoms with Gasteiger partial charge in [0.15, 0.2) is 0 Å². The first kappa shape index (κ1) is 59.2. The van der Waals surface area contributed by atoms with Crippen molar-refractivity contribution in [3.63, 3.8) is 0 Å². The molecule has 0 aliphatic rings. The van der Waals surface area contributed by atoms with Gasteiger partial charge >= 0.3 is 0 Å². The van der Waals surface area contributed by atoms with E-state index in [0.29, 0.717) is 23.9 Å². The summed E-state index contributed by atoms with van der Waals surface area (Å²) in [4.78, 5) is 25.4. The van der Waals surface area contributed by atoms with Gasteiger partial charge in [0.25, 0.3) is 7.82 Å². The molecule has 0 bridgehead atoms. The lowest BCUT2D eigenvalue weighted by Crippen LogP contribution is -2.46. The number of hydrogen-bond donors (Lipinski definition) is 2. The van der Waals surface area contributed by atoms with Crippen molar-refractivity contribution < 1.29 is 32.9 Å². The Bertz CT molecular complexity index is 1180. The van der Waals surface area contributed by atoms with Gasteiger partial charge in [-0.15, -0.1) is 0 Å². The number of rotatable bonds is 45. The highest BCUT2D eigenvalue weighted by Crippen LogP contribution is 2.38. The maximum absolute atomic E-state index is 12.9. The SMILES string of the molecule is CC/C=C\C/C=C\C/C=C\C/C=C\C/C=C\CCCCCCCCCC(=O)NC(COP(=O)([O-])OCC[N+](C)(C)C)C(O)CCCCCCCCCCCCCCCCCC. The Morgan fingerprint density at radius 2 is 1.00 bits per heavy atom. The molecular formula is C52H97N2O6P. The van der Waals surface area contributed by atoms with Crippen LogP contribution in [-0.2, 0) is 18.4 Å². The van der Waals surface area contributed by atoms with Crippen LogP contribution in [0.25, 0.3) is 0 Å². The van der Waals surface area contributed by atoms with Crippen molar-refractivity contribution in [2.45, 2.75) is 225 Å². The first-order chi connectivity index (χ1) is 29.5. The van der Waals surface area contributed by atoms with Gasteiger partial charge in [-0.3, -0.25) is 9.36 Å². The lowest BCUT2D eigenvalue weighted by atomic mass is 10.0. The zero-order valence-electron chi connectivity index (χ0n) is 40.4. The number of hydrogen-bond acceptors (Lipinski definition) is 6. The van der Waals surface area contributed by atoms with Gasteiger partial charge in [-0.25, -0.2) is 0 Å². The number of quaternary nitrogens is 1. The Balaban J connectivity index is 4.30. The average molecular weight is 877 g/mol. The Hall–Kier alpha value is -1.80. The minimum absolute atomic E-state index is 0.00729. The Labute approximate surface area is 377 Å². The van der Waals surface area contributed by atoms with Crippen molar-refractivity contribution in [2.24, 2.45) is 0 Å². The number of carbonyl (C=O) groups is 1. The topological polar surface area (TPSA) is 108 Å². The summed E-state index contributed by atoms with van der Waals surface area (Å²) in [6, 6.07) is -0.809. The van der Waals surface area contributed by atoms with Gasteiger partial charge in [-0.1, -0.05) is 209 Å². The number of phosphoric acid groups is 1. The van der Waals surface area contributed by atoms with E-state index in [-0.39, 0.29) is 19.1 Å². The molecule has 1 amide bonds. The largest absolute Gasteiger partial charge is 0.756 e. The van der Waals surface area contributed by atoms with Gasteiger partial charge in [0.05, 0.1) is 39.9 Å². The summed E-state index contributed by atoms with van der Waals surface area (Å²) in [5.74, 6) is -0.177. The van der Waals surface area contributed by atoms with Crippen LogP contribution in [0.1, 0.15) is 213 Å². The molecule has 8 nitrogen and oxygen atoms in total. The first-order valence-electron chi connectivity index (χ1n) is 25.1. The summed E-state index contributed by atoms with van der Waals surface area (Å²) in [5.41, 5.74) is 0. The maximum atomic E-state index is 12.9. The molecule has 0 aromatic heterocycles. The number of nitrogens with zero attached hydrogens (tertiary/aromatic N) is 1. The van der Waals surface area contributed by atoms with Crippen molar-refractivity contribution in [1.29, 1.82) is 0 Å². The molecule has 3 atom stereocenters. The molecule has 0 saturated carbocycles. The van der Waals surface area contributed by atoms with Crippen molar-refractivity contribution in [1.82, 2.24) is 5.32 Å². The van der Waals surface area contributed by atoms with Crippen LogP contribution in [0.2, 0.25) is 0 Å². The molecule has 0 aromatic rings. The van der Waals surface area contributed by atoms with E-state index in [9.17, 15) is 19.4 Å². The van der Waals surface area contributed by atoms with Crippen LogP contribution in [0.15, 0.2) is 60.8 Å². The highest BCUT2D eigenvalue weighted by atomic mass is 31.2. The molecule has 0 aromatic carbocycles. The molecule has 0 saturated heterocycles. The molecule has 0 fully saturated rings. The summed E-state index contributed by atoms with van der Waals surface area (Å²) < 4.78 is 23.3. The monoisotopic (exact) mass is 877 g/mol. The molecule has 2 N–H and O–H groups in total. The minimum atomic E-state index is -4.57. The van der Waals surface area contributed by atoms with Gasteiger partial charge < -0.3 is 28.8 Å². The van der Waals surface area contributed by atoms with E-state index < -0.39 is 20.0 Å². The standard InChI is InChI=1S/C52H97N2O6P/c1-6-8-10-12-14-16-18-20-22-24-25-26-27-28-29-30-32-34-36-38-40-42-44-46-52(56)53-50(49-60-61(57,58)59-48-47-54(3,4)5)51(55)45-43-41-39-37-35-33-31-23-21-19-17-15-13-11-9-7-2/h8,10,14,16,20,22,25-26,28-29,50-51,55H,6-7,9,11-13,15,17-19,21,23-24,27,30-49H2,1-5H3,(H-,53,56,57,58)/b10-8-,16-14-,22-20-,26-25-,29-28-. The second-order valence-electron chi connectivity index (χ2n) is 18.1. The number of carbonyl (C=O) groups excluding carboxylic acids is 1. The first-order valence-corrected chi connectivity index (χ1v) is 26.6. The van der Waals surface area contributed by atoms with Crippen molar-refractivity contribution >= 4 is 13.7 Å². The molecule has 3 unspecified atom stereocenters.